The van der Waals surface area contributed by atoms with Gasteiger partial charge in [-0.05, 0) is 112 Å². The van der Waals surface area contributed by atoms with Crippen LogP contribution in [0.3, 0.4) is 0 Å². The summed E-state index contributed by atoms with van der Waals surface area (Å²) in [5, 5.41) is 6.57. The molecule has 2 nitrogen and oxygen atoms in total. The molecule has 0 unspecified atom stereocenters. The fourth-order valence-corrected chi connectivity index (χ4v) is 8.27. The summed E-state index contributed by atoms with van der Waals surface area (Å²) in [6.45, 7) is 0. The average Bonchev–Trinajstić information content (AvgIpc) is 3.47. The number of aryl methyl sites for hydroxylation is 1. The molecule has 0 bridgehead atoms. The van der Waals surface area contributed by atoms with Crippen LogP contribution in [0.5, 0.6) is 0 Å². The summed E-state index contributed by atoms with van der Waals surface area (Å²) in [5.74, 6) is 0. The molecule has 0 atom stereocenters. The maximum atomic E-state index is 2.71. The zero-order valence-corrected chi connectivity index (χ0v) is 26.2. The largest absolute Gasteiger partial charge is 0.338 e. The van der Waals surface area contributed by atoms with Crippen LogP contribution < -0.4 is 4.90 Å². The number of allylic oxidation sites excluding steroid dienone is 1. The molecule has 224 valence electrons. The van der Waals surface area contributed by atoms with Crippen molar-refractivity contribution in [3.8, 4) is 11.1 Å². The average molecular weight is 595 g/mol. The van der Waals surface area contributed by atoms with Gasteiger partial charge in [-0.3, -0.25) is 0 Å². The highest BCUT2D eigenvalue weighted by molar-refractivity contribution is 6.08. The highest BCUT2D eigenvalue weighted by Gasteiger charge is 2.26. The van der Waals surface area contributed by atoms with Gasteiger partial charge < -0.3 is 9.47 Å². The van der Waals surface area contributed by atoms with Crippen LogP contribution in [0.1, 0.15) is 55.8 Å². The summed E-state index contributed by atoms with van der Waals surface area (Å²) in [6.07, 6.45) is 13.6. The van der Waals surface area contributed by atoms with Gasteiger partial charge in [0.1, 0.15) is 0 Å². The number of rotatable bonds is 5. The molecule has 0 N–H and O–H groups in total. The lowest BCUT2D eigenvalue weighted by Crippen LogP contribution is -2.14. The Morgan fingerprint density at radius 2 is 1.35 bits per heavy atom. The van der Waals surface area contributed by atoms with Crippen LogP contribution in [0.4, 0.5) is 17.1 Å². The molecule has 7 aromatic rings. The molecule has 2 aliphatic carbocycles. The van der Waals surface area contributed by atoms with Crippen LogP contribution in [-0.4, -0.2) is 4.57 Å². The Hall–Kier alpha value is -5.08. The molecule has 0 amide bonds. The lowest BCUT2D eigenvalue weighted by atomic mass is 9.94. The topological polar surface area (TPSA) is 8.17 Å². The van der Waals surface area contributed by atoms with Crippen molar-refractivity contribution < 1.29 is 0 Å². The van der Waals surface area contributed by atoms with E-state index in [-0.39, 0.29) is 0 Å². The Morgan fingerprint density at radius 3 is 2.26 bits per heavy atom. The Morgan fingerprint density at radius 1 is 0.587 bits per heavy atom. The van der Waals surface area contributed by atoms with Gasteiger partial charge in [0.25, 0.3) is 0 Å². The lowest BCUT2D eigenvalue weighted by Gasteiger charge is -2.27. The molecule has 2 heteroatoms. The van der Waals surface area contributed by atoms with Gasteiger partial charge in [0.05, 0.1) is 0 Å². The number of benzene rings is 6. The summed E-state index contributed by atoms with van der Waals surface area (Å²) in [6, 6.07) is 47.7. The maximum absolute atomic E-state index is 2.71. The summed E-state index contributed by atoms with van der Waals surface area (Å²) in [4.78, 5) is 2.41. The Balaban J connectivity index is 1.21. The molecule has 0 saturated heterocycles. The van der Waals surface area contributed by atoms with Crippen molar-refractivity contribution >= 4 is 55.6 Å². The molecule has 0 aliphatic heterocycles. The van der Waals surface area contributed by atoms with Crippen LogP contribution >= 0.6 is 0 Å². The fraction of sp³-hybridized carbons (Fsp3) is 0.182. The second-order valence-electron chi connectivity index (χ2n) is 13.1. The SMILES string of the molecule is C1=Cc2c(c3c(-c4cccc(N(c5ccccc5)c5ccc6c(ccc7ccccc76)c5)c4)cccc3n2C2CCCCC2)CC1. The third-order valence-electron chi connectivity index (χ3n) is 10.4. The fourth-order valence-electron chi connectivity index (χ4n) is 8.27. The molecule has 2 aliphatic rings. The van der Waals surface area contributed by atoms with Crippen LogP contribution in [-0.2, 0) is 6.42 Å². The van der Waals surface area contributed by atoms with Crippen molar-refractivity contribution in [1.82, 2.24) is 4.57 Å². The van der Waals surface area contributed by atoms with Crippen LogP contribution in [0.25, 0.3) is 49.7 Å². The third kappa shape index (κ3) is 4.55. The number of nitrogens with zero attached hydrogens (tertiary/aromatic N) is 2. The number of fused-ring (bicyclic) bond motifs is 6. The number of anilines is 3. The Labute approximate surface area is 271 Å². The van der Waals surface area contributed by atoms with Gasteiger partial charge in [-0.15, -0.1) is 0 Å². The summed E-state index contributed by atoms with van der Waals surface area (Å²) in [7, 11) is 0. The van der Waals surface area contributed by atoms with E-state index in [4.69, 9.17) is 0 Å². The minimum atomic E-state index is 0.600. The molecule has 46 heavy (non-hydrogen) atoms. The van der Waals surface area contributed by atoms with E-state index in [1.165, 1.54) is 92.6 Å². The van der Waals surface area contributed by atoms with Gasteiger partial charge in [0, 0.05) is 39.7 Å². The minimum Gasteiger partial charge on any atom is -0.338 e. The van der Waals surface area contributed by atoms with Crippen molar-refractivity contribution in [3.63, 3.8) is 0 Å². The predicted molar refractivity (Wildman–Crippen MR) is 197 cm³/mol. The van der Waals surface area contributed by atoms with E-state index in [1.54, 1.807) is 0 Å². The molecule has 1 heterocycles. The van der Waals surface area contributed by atoms with Gasteiger partial charge in [0.2, 0.25) is 0 Å². The van der Waals surface area contributed by atoms with E-state index in [2.05, 4.69) is 149 Å². The zero-order valence-electron chi connectivity index (χ0n) is 26.2. The van der Waals surface area contributed by atoms with Gasteiger partial charge in [0.15, 0.2) is 0 Å². The Bertz CT molecular complexity index is 2250. The molecular weight excluding hydrogens is 556 g/mol. The molecule has 1 saturated carbocycles. The van der Waals surface area contributed by atoms with Crippen molar-refractivity contribution in [2.45, 2.75) is 51.0 Å². The van der Waals surface area contributed by atoms with Crippen molar-refractivity contribution in [1.29, 1.82) is 0 Å². The molecule has 6 aromatic carbocycles. The first kappa shape index (κ1) is 27.2. The second kappa shape index (κ2) is 11.4. The first-order chi connectivity index (χ1) is 22.8. The lowest BCUT2D eigenvalue weighted by molar-refractivity contribution is 0.359. The Kier molecular flexibility index (Phi) is 6.74. The number of hydrogen-bond acceptors (Lipinski definition) is 1. The summed E-state index contributed by atoms with van der Waals surface area (Å²) >= 11 is 0. The number of hydrogen-bond donors (Lipinski definition) is 0. The number of para-hydroxylation sites is 1. The van der Waals surface area contributed by atoms with E-state index in [0.29, 0.717) is 6.04 Å². The molecule has 1 aromatic heterocycles. The first-order valence-corrected chi connectivity index (χ1v) is 17.0. The van der Waals surface area contributed by atoms with E-state index in [1.807, 2.05) is 0 Å². The summed E-state index contributed by atoms with van der Waals surface area (Å²) < 4.78 is 2.71. The van der Waals surface area contributed by atoms with Crippen LogP contribution in [0, 0.1) is 0 Å². The molecular formula is C44H38N2. The predicted octanol–water partition coefficient (Wildman–Crippen LogP) is 12.5. The first-order valence-electron chi connectivity index (χ1n) is 17.0. The quantitative estimate of drug-likeness (QED) is 0.180. The van der Waals surface area contributed by atoms with Gasteiger partial charge in [-0.2, -0.15) is 0 Å². The van der Waals surface area contributed by atoms with Crippen molar-refractivity contribution in [2.24, 2.45) is 0 Å². The van der Waals surface area contributed by atoms with Crippen LogP contribution in [0.2, 0.25) is 0 Å². The monoisotopic (exact) mass is 594 g/mol. The number of aromatic nitrogens is 1. The zero-order chi connectivity index (χ0) is 30.5. The molecule has 1 fully saturated rings. The standard InChI is InChI=1S/C44H38N2/c1-3-15-34(16-4-1)45(37-27-28-39-33(30-37)26-25-31-13-7-8-20-38(31)39)36-19-11-14-32(29-36)40-22-12-24-43-44(40)41-21-9-10-23-42(41)46(43)35-17-5-2-6-18-35/h1,3-4,7-8,10-16,19-20,22-30,35H,2,5-6,9,17-18,21H2. The van der Waals surface area contributed by atoms with Crippen LogP contribution in [0.15, 0.2) is 133 Å². The van der Waals surface area contributed by atoms with E-state index < -0.39 is 0 Å². The van der Waals surface area contributed by atoms with Crippen molar-refractivity contribution in [2.75, 3.05) is 4.90 Å². The van der Waals surface area contributed by atoms with E-state index >= 15 is 0 Å². The molecule has 9 rings (SSSR count). The van der Waals surface area contributed by atoms with E-state index in [9.17, 15) is 0 Å². The second-order valence-corrected chi connectivity index (χ2v) is 13.1. The molecule has 0 spiro atoms. The summed E-state index contributed by atoms with van der Waals surface area (Å²) in [5.41, 5.74) is 10.5. The van der Waals surface area contributed by atoms with Gasteiger partial charge >= 0.3 is 0 Å². The maximum Gasteiger partial charge on any atom is 0.0496 e. The third-order valence-corrected chi connectivity index (χ3v) is 10.4. The van der Waals surface area contributed by atoms with E-state index in [0.717, 1.165) is 24.2 Å². The van der Waals surface area contributed by atoms with Gasteiger partial charge in [-0.25, -0.2) is 0 Å². The smallest absolute Gasteiger partial charge is 0.0496 e. The van der Waals surface area contributed by atoms with Gasteiger partial charge in [-0.1, -0.05) is 110 Å². The highest BCUT2D eigenvalue weighted by atomic mass is 15.1. The molecule has 0 radical (unpaired) electrons. The minimum absolute atomic E-state index is 0.600. The normalized spacial score (nSPS) is 15.0. The van der Waals surface area contributed by atoms with Crippen molar-refractivity contribution in [3.05, 3.63) is 145 Å². The highest BCUT2D eigenvalue weighted by Crippen LogP contribution is 2.44.